The molecule has 0 aromatic heterocycles. The minimum atomic E-state index is -3.74. The molecule has 1 aliphatic rings. The first-order valence-corrected chi connectivity index (χ1v) is 10.3. The van der Waals surface area contributed by atoms with E-state index in [0.29, 0.717) is 17.7 Å². The zero-order valence-corrected chi connectivity index (χ0v) is 16.1. The SMILES string of the molecule is CC[C@H](OCOC)[C@@H]1ON=C(c2ccccc2)[C@H]1S(=O)(=O)c1ccccc1. The van der Waals surface area contributed by atoms with E-state index in [-0.39, 0.29) is 11.7 Å². The second kappa shape index (κ2) is 8.65. The second-order valence-electron chi connectivity index (χ2n) is 6.21. The summed E-state index contributed by atoms with van der Waals surface area (Å²) in [4.78, 5) is 5.85. The van der Waals surface area contributed by atoms with Crippen molar-refractivity contribution in [2.24, 2.45) is 5.16 Å². The summed E-state index contributed by atoms with van der Waals surface area (Å²) >= 11 is 0. The number of oxime groups is 1. The van der Waals surface area contributed by atoms with E-state index in [1.165, 1.54) is 7.11 Å². The van der Waals surface area contributed by atoms with Gasteiger partial charge in [0.25, 0.3) is 0 Å². The highest BCUT2D eigenvalue weighted by atomic mass is 32.2. The van der Waals surface area contributed by atoms with Gasteiger partial charge in [-0.15, -0.1) is 0 Å². The lowest BCUT2D eigenvalue weighted by Gasteiger charge is -2.26. The van der Waals surface area contributed by atoms with Gasteiger partial charge in [0.1, 0.15) is 18.6 Å². The van der Waals surface area contributed by atoms with Gasteiger partial charge < -0.3 is 14.3 Å². The molecule has 1 heterocycles. The van der Waals surface area contributed by atoms with Gasteiger partial charge in [0.15, 0.2) is 21.2 Å². The van der Waals surface area contributed by atoms with E-state index in [1.807, 2.05) is 37.3 Å². The monoisotopic (exact) mass is 389 g/mol. The smallest absolute Gasteiger partial charge is 0.190 e. The predicted octanol–water partition coefficient (Wildman–Crippen LogP) is 3.03. The lowest BCUT2D eigenvalue weighted by atomic mass is 10.0. The molecule has 0 fully saturated rings. The van der Waals surface area contributed by atoms with Crippen molar-refractivity contribution in [1.29, 1.82) is 0 Å². The van der Waals surface area contributed by atoms with Crippen LogP contribution in [0.15, 0.2) is 70.7 Å². The van der Waals surface area contributed by atoms with Crippen LogP contribution in [0.5, 0.6) is 0 Å². The van der Waals surface area contributed by atoms with Gasteiger partial charge in [-0.3, -0.25) is 0 Å². The quantitative estimate of drug-likeness (QED) is 0.649. The summed E-state index contributed by atoms with van der Waals surface area (Å²) in [7, 11) is -2.22. The molecule has 0 unspecified atom stereocenters. The maximum atomic E-state index is 13.5. The number of ether oxygens (including phenoxy) is 2. The van der Waals surface area contributed by atoms with Crippen LogP contribution in [-0.4, -0.2) is 45.5 Å². The number of methoxy groups -OCH3 is 1. The number of hydrogen-bond acceptors (Lipinski definition) is 6. The Hall–Kier alpha value is -2.22. The van der Waals surface area contributed by atoms with E-state index < -0.39 is 27.3 Å². The summed E-state index contributed by atoms with van der Waals surface area (Å²) in [6.45, 7) is 1.97. The lowest BCUT2D eigenvalue weighted by Crippen LogP contribution is -2.45. The van der Waals surface area contributed by atoms with Crippen molar-refractivity contribution < 1.29 is 22.7 Å². The molecule has 6 nitrogen and oxygen atoms in total. The van der Waals surface area contributed by atoms with Gasteiger partial charge >= 0.3 is 0 Å². The van der Waals surface area contributed by atoms with Crippen molar-refractivity contribution in [1.82, 2.24) is 0 Å². The van der Waals surface area contributed by atoms with Gasteiger partial charge in [-0.2, -0.15) is 0 Å². The molecule has 0 radical (unpaired) electrons. The predicted molar refractivity (Wildman–Crippen MR) is 102 cm³/mol. The van der Waals surface area contributed by atoms with Crippen LogP contribution in [0.25, 0.3) is 0 Å². The Labute approximate surface area is 159 Å². The second-order valence-corrected chi connectivity index (χ2v) is 8.28. The van der Waals surface area contributed by atoms with Crippen LogP contribution in [0, 0.1) is 0 Å². The first-order chi connectivity index (χ1) is 13.1. The van der Waals surface area contributed by atoms with Crippen LogP contribution in [0.1, 0.15) is 18.9 Å². The van der Waals surface area contributed by atoms with Crippen LogP contribution in [0.3, 0.4) is 0 Å². The van der Waals surface area contributed by atoms with E-state index >= 15 is 0 Å². The number of hydrogen-bond donors (Lipinski definition) is 0. The summed E-state index contributed by atoms with van der Waals surface area (Å²) in [6, 6.07) is 17.6. The minimum Gasteiger partial charge on any atom is -0.388 e. The summed E-state index contributed by atoms with van der Waals surface area (Å²) in [6.07, 6.45) is -0.671. The normalized spacial score (nSPS) is 20.7. The Morgan fingerprint density at radius 3 is 2.30 bits per heavy atom. The first-order valence-electron chi connectivity index (χ1n) is 8.78. The summed E-state index contributed by atoms with van der Waals surface area (Å²) < 4.78 is 37.6. The zero-order chi connectivity index (χ0) is 19.3. The van der Waals surface area contributed by atoms with Crippen LogP contribution >= 0.6 is 0 Å². The van der Waals surface area contributed by atoms with E-state index in [0.717, 1.165) is 0 Å². The van der Waals surface area contributed by atoms with Gasteiger partial charge in [0.05, 0.1) is 4.90 Å². The number of rotatable bonds is 8. The van der Waals surface area contributed by atoms with E-state index in [2.05, 4.69) is 5.16 Å². The van der Waals surface area contributed by atoms with Crippen molar-refractivity contribution in [2.75, 3.05) is 13.9 Å². The van der Waals surface area contributed by atoms with Crippen LogP contribution < -0.4 is 0 Å². The van der Waals surface area contributed by atoms with E-state index in [4.69, 9.17) is 14.3 Å². The van der Waals surface area contributed by atoms with Crippen LogP contribution in [-0.2, 0) is 24.1 Å². The largest absolute Gasteiger partial charge is 0.388 e. The van der Waals surface area contributed by atoms with Crippen molar-refractivity contribution in [3.05, 3.63) is 66.2 Å². The fourth-order valence-corrected chi connectivity index (χ4v) is 5.03. The molecule has 1 aliphatic heterocycles. The maximum absolute atomic E-state index is 13.5. The third-order valence-electron chi connectivity index (χ3n) is 4.49. The minimum absolute atomic E-state index is 0.0527. The molecule has 0 bridgehead atoms. The van der Waals surface area contributed by atoms with Gasteiger partial charge in [-0.1, -0.05) is 60.6 Å². The van der Waals surface area contributed by atoms with Crippen molar-refractivity contribution in [3.63, 3.8) is 0 Å². The summed E-state index contributed by atoms with van der Waals surface area (Å²) in [5, 5.41) is 3.19. The maximum Gasteiger partial charge on any atom is 0.190 e. The standard InChI is InChI=1S/C20H23NO5S/c1-3-17(25-14-24-2)19-20(27(22,23)16-12-8-5-9-13-16)18(21-26-19)15-10-6-4-7-11-15/h4-13,17,19-20H,3,14H2,1-2H3/t17-,19-,20+/m0/s1. The molecule has 0 N–H and O–H groups in total. The molecule has 3 atom stereocenters. The number of nitrogens with zero attached hydrogens (tertiary/aromatic N) is 1. The molecule has 144 valence electrons. The molecule has 3 rings (SSSR count). The Kier molecular flexibility index (Phi) is 6.26. The molecule has 2 aromatic carbocycles. The average molecular weight is 389 g/mol. The average Bonchev–Trinajstić information content (AvgIpc) is 3.16. The van der Waals surface area contributed by atoms with Gasteiger partial charge in [-0.05, 0) is 18.6 Å². The van der Waals surface area contributed by atoms with Crippen LogP contribution in [0.4, 0.5) is 0 Å². The summed E-state index contributed by atoms with van der Waals surface area (Å²) in [5.41, 5.74) is 1.11. The molecule has 0 spiro atoms. The molecular weight excluding hydrogens is 366 g/mol. The third kappa shape index (κ3) is 4.05. The number of benzene rings is 2. The van der Waals surface area contributed by atoms with Crippen molar-refractivity contribution in [2.45, 2.75) is 35.7 Å². The van der Waals surface area contributed by atoms with Crippen molar-refractivity contribution >= 4 is 15.5 Å². The van der Waals surface area contributed by atoms with Crippen molar-refractivity contribution in [3.8, 4) is 0 Å². The van der Waals surface area contributed by atoms with Gasteiger partial charge in [0, 0.05) is 12.7 Å². The van der Waals surface area contributed by atoms with E-state index in [1.54, 1.807) is 30.3 Å². The zero-order valence-electron chi connectivity index (χ0n) is 15.3. The summed E-state index contributed by atoms with van der Waals surface area (Å²) in [5.74, 6) is 0. The highest BCUT2D eigenvalue weighted by Gasteiger charge is 2.48. The highest BCUT2D eigenvalue weighted by Crippen LogP contribution is 2.31. The first kappa shape index (κ1) is 19.5. The Morgan fingerprint density at radius 1 is 1.07 bits per heavy atom. The molecule has 0 saturated heterocycles. The molecule has 0 aliphatic carbocycles. The third-order valence-corrected chi connectivity index (χ3v) is 6.57. The molecule has 0 saturated carbocycles. The fourth-order valence-electron chi connectivity index (χ4n) is 3.15. The van der Waals surface area contributed by atoms with Gasteiger partial charge in [-0.25, -0.2) is 8.42 Å². The Bertz CT molecular complexity index is 868. The molecule has 2 aromatic rings. The Morgan fingerprint density at radius 2 is 1.70 bits per heavy atom. The topological polar surface area (TPSA) is 74.2 Å². The fraction of sp³-hybridized carbons (Fsp3) is 0.350. The van der Waals surface area contributed by atoms with Gasteiger partial charge in [0.2, 0.25) is 0 Å². The number of sulfone groups is 1. The molecule has 27 heavy (non-hydrogen) atoms. The van der Waals surface area contributed by atoms with E-state index in [9.17, 15) is 8.42 Å². The highest BCUT2D eigenvalue weighted by molar-refractivity contribution is 7.93. The lowest BCUT2D eigenvalue weighted by molar-refractivity contribution is -0.121. The molecule has 7 heteroatoms. The Balaban J connectivity index is 2.04. The molecule has 0 amide bonds. The van der Waals surface area contributed by atoms with Crippen LogP contribution in [0.2, 0.25) is 0 Å². The molecular formula is C20H23NO5S.